The zero-order valence-corrected chi connectivity index (χ0v) is 27.2. The highest BCUT2D eigenvalue weighted by Crippen LogP contribution is 2.28. The minimum absolute atomic E-state index is 0.0408. The molecule has 0 aliphatic carbocycles. The van der Waals surface area contributed by atoms with Gasteiger partial charge in [0.25, 0.3) is 11.8 Å². The fraction of sp³-hybridized carbons (Fsp3) is 0.250. The molecule has 3 heterocycles. The van der Waals surface area contributed by atoms with Crippen LogP contribution in [0.25, 0.3) is 16.6 Å². The number of rotatable bonds is 6. The predicted octanol–water partition coefficient (Wildman–Crippen LogP) is 6.39. The summed E-state index contributed by atoms with van der Waals surface area (Å²) in [5, 5.41) is 6.91. The molecule has 0 fully saturated rings. The van der Waals surface area contributed by atoms with Crippen LogP contribution in [0.15, 0.2) is 70.1 Å². The third kappa shape index (κ3) is 6.19. The van der Waals surface area contributed by atoms with Gasteiger partial charge in [-0.1, -0.05) is 33.6 Å². The van der Waals surface area contributed by atoms with Gasteiger partial charge in [-0.3, -0.25) is 23.4 Å². The lowest BCUT2D eigenvalue weighted by molar-refractivity contribution is -0.141. The number of halogens is 6. The van der Waals surface area contributed by atoms with Crippen LogP contribution in [-0.2, 0) is 26.2 Å². The van der Waals surface area contributed by atoms with Crippen LogP contribution in [0, 0.1) is 12.7 Å². The van der Waals surface area contributed by atoms with Crippen molar-refractivity contribution in [1.82, 2.24) is 29.1 Å². The van der Waals surface area contributed by atoms with Crippen molar-refractivity contribution in [3.05, 3.63) is 115 Å². The van der Waals surface area contributed by atoms with E-state index >= 15 is 0 Å². The van der Waals surface area contributed by atoms with Gasteiger partial charge in [-0.25, -0.2) is 9.18 Å². The second-order valence-electron chi connectivity index (χ2n) is 11.3. The van der Waals surface area contributed by atoms with Gasteiger partial charge in [0.15, 0.2) is 0 Å². The quantitative estimate of drug-likeness (QED) is 0.205. The monoisotopic (exact) mass is 732 g/mol. The number of fused-ring (bicyclic) bond motifs is 2. The van der Waals surface area contributed by atoms with Crippen LogP contribution < -0.4 is 11.0 Å². The normalized spacial score (nSPS) is 14.8. The molecule has 244 valence electrons. The van der Waals surface area contributed by atoms with E-state index in [2.05, 4.69) is 26.3 Å². The number of imidazole rings is 1. The highest BCUT2D eigenvalue weighted by Gasteiger charge is 2.36. The van der Waals surface area contributed by atoms with Gasteiger partial charge >= 0.3 is 11.9 Å². The second kappa shape index (κ2) is 12.3. The summed E-state index contributed by atoms with van der Waals surface area (Å²) >= 11 is 9.61. The van der Waals surface area contributed by atoms with Crippen molar-refractivity contribution in [2.24, 2.45) is 0 Å². The Labute approximate surface area is 278 Å². The first-order valence-electron chi connectivity index (χ1n) is 14.4. The average Bonchev–Trinajstić information content (AvgIpc) is 3.53. The molecule has 0 saturated heterocycles. The Balaban J connectivity index is 1.45. The molecule has 0 bridgehead atoms. The Morgan fingerprint density at radius 1 is 1.13 bits per heavy atom. The van der Waals surface area contributed by atoms with Crippen molar-refractivity contribution in [2.45, 2.75) is 52.2 Å². The highest BCUT2D eigenvalue weighted by atomic mass is 79.9. The van der Waals surface area contributed by atoms with Gasteiger partial charge in [0, 0.05) is 45.1 Å². The minimum Gasteiger partial charge on any atom is -0.346 e. The van der Waals surface area contributed by atoms with Crippen LogP contribution >= 0.6 is 27.5 Å². The van der Waals surface area contributed by atoms with Crippen LogP contribution in [0.3, 0.4) is 0 Å². The van der Waals surface area contributed by atoms with E-state index in [1.54, 1.807) is 30.0 Å². The number of amides is 2. The summed E-state index contributed by atoms with van der Waals surface area (Å²) in [7, 11) is 0. The molecule has 1 unspecified atom stereocenters. The molecule has 2 amide bonds. The van der Waals surface area contributed by atoms with Crippen molar-refractivity contribution < 1.29 is 27.2 Å². The number of nitrogens with zero attached hydrogens (tertiary/aromatic N) is 5. The van der Waals surface area contributed by atoms with Gasteiger partial charge in [0.05, 0.1) is 29.6 Å². The first kappa shape index (κ1) is 32.5. The fourth-order valence-corrected chi connectivity index (χ4v) is 6.24. The molecule has 0 saturated carbocycles. The van der Waals surface area contributed by atoms with Crippen LogP contribution in [0.1, 0.15) is 44.6 Å². The third-order valence-corrected chi connectivity index (χ3v) is 9.37. The molecule has 5 aromatic rings. The van der Waals surface area contributed by atoms with E-state index in [0.717, 1.165) is 19.3 Å². The lowest BCUT2D eigenvalue weighted by atomic mass is 10.1. The van der Waals surface area contributed by atoms with E-state index in [1.165, 1.54) is 47.2 Å². The Hall–Kier alpha value is -4.43. The maximum absolute atomic E-state index is 14.6. The van der Waals surface area contributed by atoms with E-state index in [0.29, 0.717) is 10.9 Å². The topological polar surface area (TPSA) is 94.2 Å². The number of hydrogen-bond acceptors (Lipinski definition) is 4. The fourth-order valence-electron chi connectivity index (χ4n) is 5.77. The van der Waals surface area contributed by atoms with Crippen LogP contribution in [0.5, 0.6) is 0 Å². The van der Waals surface area contributed by atoms with Crippen molar-refractivity contribution in [1.29, 1.82) is 0 Å². The van der Waals surface area contributed by atoms with Gasteiger partial charge in [-0.05, 0) is 67.9 Å². The van der Waals surface area contributed by atoms with E-state index in [9.17, 15) is 31.9 Å². The SMILES string of the molecule is Cc1cc(C(=O)N2Cc3c(C(=O)NCc4c(F)cccc4Cl)n(-c4ccc5c(cnn5CC(F)(F)F)c4)c(=O)n3CC2C)ccc1Br. The first-order chi connectivity index (χ1) is 22.2. The summed E-state index contributed by atoms with van der Waals surface area (Å²) in [6.07, 6.45) is -3.26. The summed E-state index contributed by atoms with van der Waals surface area (Å²) in [6, 6.07) is 13.1. The standard InChI is InChI=1S/C32H26BrClF4N6O3/c1-17-10-19(6-8-23(17)33)30(46)41-15-27-28(29(45)39-13-22-24(34)4-3-5-25(22)35)44(31(47)42(27)14-18(41)2)21-7-9-26-20(11-21)12-40-43(26)16-32(36,37)38/h3-12,18H,13-16H2,1-2H3,(H,39,45). The van der Waals surface area contributed by atoms with Gasteiger partial charge in [0.2, 0.25) is 0 Å². The Morgan fingerprint density at radius 2 is 1.89 bits per heavy atom. The Morgan fingerprint density at radius 3 is 2.60 bits per heavy atom. The number of carbonyl (C=O) groups excluding carboxylic acids is 2. The number of benzene rings is 3. The zero-order chi connectivity index (χ0) is 33.8. The first-order valence-corrected chi connectivity index (χ1v) is 15.6. The number of hydrogen-bond donors (Lipinski definition) is 1. The molecule has 0 radical (unpaired) electrons. The van der Waals surface area contributed by atoms with E-state index < -0.39 is 36.2 Å². The van der Waals surface area contributed by atoms with Crippen LogP contribution in [0.4, 0.5) is 17.6 Å². The van der Waals surface area contributed by atoms with Crippen LogP contribution in [0.2, 0.25) is 5.02 Å². The molecule has 1 N–H and O–H groups in total. The predicted molar refractivity (Wildman–Crippen MR) is 170 cm³/mol. The second-order valence-corrected chi connectivity index (χ2v) is 12.6. The van der Waals surface area contributed by atoms with Gasteiger partial charge in [-0.2, -0.15) is 18.3 Å². The smallest absolute Gasteiger partial charge is 0.346 e. The molecule has 1 aliphatic heterocycles. The molecular weight excluding hydrogens is 708 g/mol. The molecule has 47 heavy (non-hydrogen) atoms. The molecule has 1 atom stereocenters. The van der Waals surface area contributed by atoms with Crippen molar-refractivity contribution >= 4 is 50.2 Å². The lowest BCUT2D eigenvalue weighted by Crippen LogP contribution is -2.47. The summed E-state index contributed by atoms with van der Waals surface area (Å²) < 4.78 is 58.1. The molecule has 1 aliphatic rings. The van der Waals surface area contributed by atoms with E-state index in [-0.39, 0.29) is 58.7 Å². The molecule has 2 aromatic heterocycles. The summed E-state index contributed by atoms with van der Waals surface area (Å²) in [5.74, 6) is -1.68. The molecular formula is C32H26BrClF4N6O3. The number of aryl methyl sites for hydroxylation is 1. The summed E-state index contributed by atoms with van der Waals surface area (Å²) in [5.41, 5.74) is 1.23. The maximum Gasteiger partial charge on any atom is 0.408 e. The zero-order valence-electron chi connectivity index (χ0n) is 24.9. The Bertz CT molecular complexity index is 2100. The van der Waals surface area contributed by atoms with Gasteiger partial charge in [0.1, 0.15) is 18.1 Å². The van der Waals surface area contributed by atoms with Gasteiger partial charge < -0.3 is 10.2 Å². The van der Waals surface area contributed by atoms with Crippen molar-refractivity contribution in [3.63, 3.8) is 0 Å². The van der Waals surface area contributed by atoms with Gasteiger partial charge in [-0.15, -0.1) is 0 Å². The van der Waals surface area contributed by atoms with Crippen molar-refractivity contribution in [2.75, 3.05) is 0 Å². The summed E-state index contributed by atoms with van der Waals surface area (Å²) in [4.78, 5) is 43.3. The maximum atomic E-state index is 14.6. The van der Waals surface area contributed by atoms with E-state index in [1.807, 2.05) is 6.92 Å². The molecule has 15 heteroatoms. The van der Waals surface area contributed by atoms with Crippen LogP contribution in [-0.4, -0.2) is 47.8 Å². The average molecular weight is 734 g/mol. The largest absolute Gasteiger partial charge is 0.408 e. The lowest BCUT2D eigenvalue weighted by Gasteiger charge is -2.34. The number of aromatic nitrogens is 4. The third-order valence-electron chi connectivity index (χ3n) is 8.12. The summed E-state index contributed by atoms with van der Waals surface area (Å²) in [6.45, 7) is 2.00. The van der Waals surface area contributed by atoms with Crippen molar-refractivity contribution in [3.8, 4) is 5.69 Å². The molecule has 9 nitrogen and oxygen atoms in total. The minimum atomic E-state index is -4.50. The molecule has 0 spiro atoms. The molecule has 3 aromatic carbocycles. The highest BCUT2D eigenvalue weighted by molar-refractivity contribution is 9.10. The number of carbonyl (C=O) groups is 2. The molecule has 6 rings (SSSR count). The Kier molecular flexibility index (Phi) is 8.51. The van der Waals surface area contributed by atoms with E-state index in [4.69, 9.17) is 11.6 Å². The number of nitrogens with one attached hydrogen (secondary N) is 1. The number of alkyl halides is 3.